The molecule has 1 saturated carbocycles. The van der Waals surface area contributed by atoms with Crippen molar-refractivity contribution in [1.82, 2.24) is 14.5 Å². The predicted molar refractivity (Wildman–Crippen MR) is 110 cm³/mol. The zero-order valence-electron chi connectivity index (χ0n) is 15.3. The largest absolute Gasteiger partial charge is 0.336 e. The number of rotatable bonds is 6. The molecule has 1 saturated heterocycles. The van der Waals surface area contributed by atoms with Crippen molar-refractivity contribution in [2.45, 2.75) is 30.3 Å². The SMILES string of the molecule is O=C(c1ccc(Cl)c(S(=O)(=O)NC2CC2)c1)N1CCN(Cc2ccsc2)CC1. The van der Waals surface area contributed by atoms with Gasteiger partial charge in [-0.15, -0.1) is 0 Å². The molecule has 0 radical (unpaired) electrons. The van der Waals surface area contributed by atoms with Crippen LogP contribution in [0.25, 0.3) is 0 Å². The molecule has 1 aliphatic carbocycles. The van der Waals surface area contributed by atoms with Crippen molar-refractivity contribution in [1.29, 1.82) is 0 Å². The van der Waals surface area contributed by atoms with E-state index in [2.05, 4.69) is 26.4 Å². The molecule has 1 aromatic heterocycles. The van der Waals surface area contributed by atoms with E-state index in [-0.39, 0.29) is 21.9 Å². The van der Waals surface area contributed by atoms with Crippen LogP contribution in [-0.4, -0.2) is 56.3 Å². The van der Waals surface area contributed by atoms with Gasteiger partial charge < -0.3 is 4.90 Å². The Morgan fingerprint density at radius 2 is 1.93 bits per heavy atom. The Bertz CT molecular complexity index is 951. The molecule has 0 atom stereocenters. The maximum Gasteiger partial charge on any atom is 0.253 e. The van der Waals surface area contributed by atoms with Gasteiger partial charge in [-0.3, -0.25) is 9.69 Å². The van der Waals surface area contributed by atoms with E-state index in [1.165, 1.54) is 17.7 Å². The second-order valence-electron chi connectivity index (χ2n) is 7.24. The Hall–Kier alpha value is -1.45. The van der Waals surface area contributed by atoms with Crippen molar-refractivity contribution in [3.63, 3.8) is 0 Å². The van der Waals surface area contributed by atoms with Gasteiger partial charge in [-0.25, -0.2) is 13.1 Å². The number of carbonyl (C=O) groups is 1. The highest BCUT2D eigenvalue weighted by atomic mass is 35.5. The number of hydrogen-bond acceptors (Lipinski definition) is 5. The van der Waals surface area contributed by atoms with Gasteiger partial charge >= 0.3 is 0 Å². The highest BCUT2D eigenvalue weighted by molar-refractivity contribution is 7.89. The molecule has 9 heteroatoms. The molecule has 1 aromatic carbocycles. The summed E-state index contributed by atoms with van der Waals surface area (Å²) in [7, 11) is -3.71. The van der Waals surface area contributed by atoms with Gasteiger partial charge in [-0.2, -0.15) is 11.3 Å². The van der Waals surface area contributed by atoms with E-state index in [4.69, 9.17) is 11.6 Å². The number of piperazine rings is 1. The molecule has 0 spiro atoms. The number of benzene rings is 1. The molecule has 4 rings (SSSR count). The number of thiophene rings is 1. The first kappa shape index (κ1) is 19.8. The van der Waals surface area contributed by atoms with Crippen LogP contribution in [0, 0.1) is 0 Å². The van der Waals surface area contributed by atoms with Crippen molar-refractivity contribution in [3.8, 4) is 0 Å². The summed E-state index contributed by atoms with van der Waals surface area (Å²) in [5.41, 5.74) is 1.65. The van der Waals surface area contributed by atoms with Crippen LogP contribution in [0.1, 0.15) is 28.8 Å². The van der Waals surface area contributed by atoms with Gasteiger partial charge in [0.25, 0.3) is 5.91 Å². The van der Waals surface area contributed by atoms with E-state index in [0.717, 1.165) is 32.5 Å². The third kappa shape index (κ3) is 4.58. The molecule has 2 fully saturated rings. The molecule has 0 unspecified atom stereocenters. The van der Waals surface area contributed by atoms with E-state index >= 15 is 0 Å². The average Bonchev–Trinajstić information content (AvgIpc) is 3.33. The van der Waals surface area contributed by atoms with E-state index in [9.17, 15) is 13.2 Å². The smallest absolute Gasteiger partial charge is 0.253 e. The van der Waals surface area contributed by atoms with Crippen molar-refractivity contribution in [2.24, 2.45) is 0 Å². The van der Waals surface area contributed by atoms with E-state index in [0.29, 0.717) is 18.7 Å². The highest BCUT2D eigenvalue weighted by Crippen LogP contribution is 2.27. The number of halogens is 1. The highest BCUT2D eigenvalue weighted by Gasteiger charge is 2.30. The van der Waals surface area contributed by atoms with Crippen LogP contribution >= 0.6 is 22.9 Å². The van der Waals surface area contributed by atoms with Crippen LogP contribution in [0.5, 0.6) is 0 Å². The lowest BCUT2D eigenvalue weighted by Crippen LogP contribution is -2.48. The fourth-order valence-electron chi connectivity index (χ4n) is 3.26. The summed E-state index contributed by atoms with van der Waals surface area (Å²) in [6.45, 7) is 3.72. The minimum absolute atomic E-state index is 0.0169. The molecule has 0 bridgehead atoms. The van der Waals surface area contributed by atoms with E-state index in [1.807, 2.05) is 0 Å². The Kier molecular flexibility index (Phi) is 5.76. The van der Waals surface area contributed by atoms with E-state index in [1.54, 1.807) is 22.3 Å². The first-order chi connectivity index (χ1) is 13.4. The Morgan fingerprint density at radius 1 is 1.18 bits per heavy atom. The minimum atomic E-state index is -3.71. The molecule has 2 heterocycles. The molecule has 1 amide bonds. The van der Waals surface area contributed by atoms with Gasteiger partial charge in [0.1, 0.15) is 4.90 Å². The molecule has 6 nitrogen and oxygen atoms in total. The first-order valence-electron chi connectivity index (χ1n) is 9.27. The Balaban J connectivity index is 1.43. The lowest BCUT2D eigenvalue weighted by atomic mass is 10.1. The van der Waals surface area contributed by atoms with Crippen LogP contribution in [0.15, 0.2) is 39.9 Å². The molecule has 2 aromatic rings. The molecule has 1 N–H and O–H groups in total. The van der Waals surface area contributed by atoms with Gasteiger partial charge in [0.05, 0.1) is 5.02 Å². The van der Waals surface area contributed by atoms with Gasteiger partial charge in [-0.05, 0) is 53.4 Å². The summed E-state index contributed by atoms with van der Waals surface area (Å²) in [6.07, 6.45) is 1.68. The van der Waals surface area contributed by atoms with Crippen LogP contribution in [0.4, 0.5) is 0 Å². The Morgan fingerprint density at radius 3 is 2.57 bits per heavy atom. The number of nitrogens with one attached hydrogen (secondary N) is 1. The van der Waals surface area contributed by atoms with Crippen LogP contribution in [-0.2, 0) is 16.6 Å². The van der Waals surface area contributed by atoms with Gasteiger partial charge in [0.2, 0.25) is 10.0 Å². The fraction of sp³-hybridized carbons (Fsp3) is 0.421. The standard InChI is InChI=1S/C19H22ClN3O3S2/c20-17-4-1-15(11-18(17)28(25,26)21-16-2-3-16)19(24)23-8-6-22(7-9-23)12-14-5-10-27-13-14/h1,4-5,10-11,13,16,21H,2-3,6-9,12H2. The van der Waals surface area contributed by atoms with Crippen molar-refractivity contribution in [2.75, 3.05) is 26.2 Å². The number of nitrogens with zero attached hydrogens (tertiary/aromatic N) is 2. The topological polar surface area (TPSA) is 69.7 Å². The third-order valence-corrected chi connectivity index (χ3v) is 7.75. The molecule has 2 aliphatic rings. The fourth-order valence-corrected chi connectivity index (χ4v) is 5.75. The van der Waals surface area contributed by atoms with Gasteiger partial charge in [0.15, 0.2) is 0 Å². The summed E-state index contributed by atoms with van der Waals surface area (Å²) < 4.78 is 27.7. The Labute approximate surface area is 174 Å². The van der Waals surface area contributed by atoms with Crippen molar-refractivity contribution >= 4 is 38.9 Å². The molecule has 28 heavy (non-hydrogen) atoms. The number of amides is 1. The van der Waals surface area contributed by atoms with Crippen molar-refractivity contribution in [3.05, 3.63) is 51.2 Å². The summed E-state index contributed by atoms with van der Waals surface area (Å²) in [5.74, 6) is -0.158. The predicted octanol–water partition coefficient (Wildman–Crippen LogP) is 2.80. The summed E-state index contributed by atoms with van der Waals surface area (Å²) >= 11 is 7.80. The lowest BCUT2D eigenvalue weighted by Gasteiger charge is -2.34. The molecule has 1 aliphatic heterocycles. The molecule has 150 valence electrons. The van der Waals surface area contributed by atoms with Gasteiger partial charge in [0, 0.05) is 44.3 Å². The first-order valence-corrected chi connectivity index (χ1v) is 12.1. The molecular weight excluding hydrogens is 418 g/mol. The van der Waals surface area contributed by atoms with E-state index < -0.39 is 10.0 Å². The summed E-state index contributed by atoms with van der Waals surface area (Å²) in [5, 5.41) is 4.34. The number of hydrogen-bond donors (Lipinski definition) is 1. The quantitative estimate of drug-likeness (QED) is 0.751. The maximum atomic E-state index is 12.9. The lowest BCUT2D eigenvalue weighted by molar-refractivity contribution is 0.0628. The summed E-state index contributed by atoms with van der Waals surface area (Å²) in [4.78, 5) is 17.0. The zero-order valence-corrected chi connectivity index (χ0v) is 17.7. The third-order valence-electron chi connectivity index (χ3n) is 5.01. The molecular formula is C19H22ClN3O3S2. The minimum Gasteiger partial charge on any atom is -0.336 e. The average molecular weight is 440 g/mol. The van der Waals surface area contributed by atoms with Crippen LogP contribution < -0.4 is 4.72 Å². The normalized spacial score (nSPS) is 18.4. The summed E-state index contributed by atoms with van der Waals surface area (Å²) in [6, 6.07) is 6.58. The second kappa shape index (κ2) is 8.12. The second-order valence-corrected chi connectivity index (χ2v) is 10.1. The van der Waals surface area contributed by atoms with Gasteiger partial charge in [-0.1, -0.05) is 11.6 Å². The monoisotopic (exact) mass is 439 g/mol. The maximum absolute atomic E-state index is 12.9. The van der Waals surface area contributed by atoms with Crippen LogP contribution in [0.3, 0.4) is 0 Å². The number of carbonyl (C=O) groups excluding carboxylic acids is 1. The van der Waals surface area contributed by atoms with Crippen molar-refractivity contribution < 1.29 is 13.2 Å². The number of sulfonamides is 1. The zero-order chi connectivity index (χ0) is 19.7. The van der Waals surface area contributed by atoms with Crippen LogP contribution in [0.2, 0.25) is 5.02 Å².